The summed E-state index contributed by atoms with van der Waals surface area (Å²) in [4.78, 5) is 24.6. The number of methoxy groups -OCH3 is 1. The van der Waals surface area contributed by atoms with E-state index in [0.29, 0.717) is 35.8 Å². The average Bonchev–Trinajstić information content (AvgIpc) is 2.80. The van der Waals surface area contributed by atoms with Crippen molar-refractivity contribution in [2.45, 2.75) is 52.7 Å². The second-order valence-corrected chi connectivity index (χ2v) is 7.88. The van der Waals surface area contributed by atoms with Gasteiger partial charge < -0.3 is 19.9 Å². The lowest BCUT2D eigenvalue weighted by Gasteiger charge is -2.13. The van der Waals surface area contributed by atoms with Gasteiger partial charge in [-0.25, -0.2) is 4.79 Å². The number of carbonyl (C=O) groups excluding carboxylic acids is 2. The smallest absolute Gasteiger partial charge is 0.344 e. The van der Waals surface area contributed by atoms with Gasteiger partial charge in [-0.2, -0.15) is 0 Å². The Labute approximate surface area is 190 Å². The predicted molar refractivity (Wildman–Crippen MR) is 125 cm³/mol. The van der Waals surface area contributed by atoms with Crippen LogP contribution in [0.2, 0.25) is 0 Å². The zero-order valence-corrected chi connectivity index (χ0v) is 19.1. The average molecular weight is 440 g/mol. The molecular weight excluding hydrogens is 406 g/mol. The lowest BCUT2D eigenvalue weighted by molar-refractivity contribution is -0.121. The van der Waals surface area contributed by atoms with Crippen molar-refractivity contribution >= 4 is 11.9 Å². The number of carbonyl (C=O) groups is 2. The molecule has 0 bridgehead atoms. The van der Waals surface area contributed by atoms with Crippen LogP contribution in [0.25, 0.3) is 0 Å². The summed E-state index contributed by atoms with van der Waals surface area (Å²) in [5.74, 6) is 0.657. The molecule has 0 aliphatic rings. The van der Waals surface area contributed by atoms with Gasteiger partial charge in [0.05, 0.1) is 19.3 Å². The Morgan fingerprint density at radius 2 is 1.88 bits per heavy atom. The molecule has 0 unspecified atom stereocenters. The molecule has 6 heteroatoms. The highest BCUT2D eigenvalue weighted by atomic mass is 16.6. The van der Waals surface area contributed by atoms with Crippen molar-refractivity contribution in [1.29, 1.82) is 0 Å². The SMILES string of the molecule is COc1cc(CNC(=O)CCCC/C=C/C(C)C)ccc1OC(=O)c1ccccc1CO. The summed E-state index contributed by atoms with van der Waals surface area (Å²) in [6, 6.07) is 11.9. The second kappa shape index (κ2) is 13.3. The summed E-state index contributed by atoms with van der Waals surface area (Å²) >= 11 is 0. The van der Waals surface area contributed by atoms with Crippen LogP contribution in [-0.2, 0) is 17.9 Å². The lowest BCUT2D eigenvalue weighted by atomic mass is 10.1. The topological polar surface area (TPSA) is 84.9 Å². The van der Waals surface area contributed by atoms with Crippen LogP contribution in [0.3, 0.4) is 0 Å². The van der Waals surface area contributed by atoms with Gasteiger partial charge in [0.15, 0.2) is 11.5 Å². The number of rotatable bonds is 12. The van der Waals surface area contributed by atoms with E-state index in [-0.39, 0.29) is 18.3 Å². The summed E-state index contributed by atoms with van der Waals surface area (Å²) in [6.45, 7) is 4.40. The first-order chi connectivity index (χ1) is 15.4. The van der Waals surface area contributed by atoms with E-state index in [0.717, 1.165) is 24.8 Å². The maximum absolute atomic E-state index is 12.5. The van der Waals surface area contributed by atoms with Crippen molar-refractivity contribution in [3.63, 3.8) is 0 Å². The summed E-state index contributed by atoms with van der Waals surface area (Å²) in [5.41, 5.74) is 1.63. The van der Waals surface area contributed by atoms with Crippen LogP contribution in [-0.4, -0.2) is 24.1 Å². The molecule has 6 nitrogen and oxygen atoms in total. The Morgan fingerprint density at radius 3 is 2.59 bits per heavy atom. The van der Waals surface area contributed by atoms with Crippen LogP contribution in [0.5, 0.6) is 11.5 Å². The zero-order valence-electron chi connectivity index (χ0n) is 19.1. The third-order valence-corrected chi connectivity index (χ3v) is 4.87. The predicted octanol–water partition coefficient (Wildman–Crippen LogP) is 4.80. The number of allylic oxidation sites excluding steroid dienone is 2. The number of hydrogen-bond donors (Lipinski definition) is 2. The molecule has 2 aromatic rings. The molecule has 2 aromatic carbocycles. The van der Waals surface area contributed by atoms with Gasteiger partial charge in [-0.15, -0.1) is 0 Å². The van der Waals surface area contributed by atoms with Crippen molar-refractivity contribution in [3.8, 4) is 11.5 Å². The van der Waals surface area contributed by atoms with Crippen LogP contribution < -0.4 is 14.8 Å². The molecule has 0 heterocycles. The highest BCUT2D eigenvalue weighted by Gasteiger charge is 2.16. The van der Waals surface area contributed by atoms with E-state index in [1.807, 2.05) is 0 Å². The van der Waals surface area contributed by atoms with Crippen LogP contribution >= 0.6 is 0 Å². The lowest BCUT2D eigenvalue weighted by Crippen LogP contribution is -2.22. The van der Waals surface area contributed by atoms with E-state index in [4.69, 9.17) is 9.47 Å². The molecule has 0 atom stereocenters. The molecule has 2 N–H and O–H groups in total. The maximum Gasteiger partial charge on any atom is 0.344 e. The molecule has 0 aliphatic carbocycles. The normalized spacial score (nSPS) is 11.0. The van der Waals surface area contributed by atoms with Crippen molar-refractivity contribution in [3.05, 3.63) is 71.3 Å². The van der Waals surface area contributed by atoms with Gasteiger partial charge >= 0.3 is 5.97 Å². The van der Waals surface area contributed by atoms with Crippen LogP contribution in [0, 0.1) is 5.92 Å². The fourth-order valence-electron chi connectivity index (χ4n) is 3.12. The summed E-state index contributed by atoms with van der Waals surface area (Å²) in [6.07, 6.45) is 7.68. The van der Waals surface area contributed by atoms with Gasteiger partial charge in [0.1, 0.15) is 0 Å². The monoisotopic (exact) mass is 439 g/mol. The quantitative estimate of drug-likeness (QED) is 0.215. The Kier molecular flexibility index (Phi) is 10.5. The van der Waals surface area contributed by atoms with Gasteiger partial charge in [-0.3, -0.25) is 4.79 Å². The molecule has 172 valence electrons. The molecule has 0 aliphatic heterocycles. The number of unbranched alkanes of at least 4 members (excludes halogenated alkanes) is 2. The highest BCUT2D eigenvalue weighted by Crippen LogP contribution is 2.29. The second-order valence-electron chi connectivity index (χ2n) is 7.88. The van der Waals surface area contributed by atoms with Gasteiger partial charge in [0.2, 0.25) is 5.91 Å². The first-order valence-corrected chi connectivity index (χ1v) is 11.0. The van der Waals surface area contributed by atoms with Crippen molar-refractivity contribution in [1.82, 2.24) is 5.32 Å². The number of nitrogens with one attached hydrogen (secondary N) is 1. The maximum atomic E-state index is 12.5. The number of esters is 1. The number of ether oxygens (including phenoxy) is 2. The van der Waals surface area contributed by atoms with Gasteiger partial charge in [0, 0.05) is 13.0 Å². The molecule has 0 spiro atoms. The van der Waals surface area contributed by atoms with E-state index in [2.05, 4.69) is 31.3 Å². The standard InChI is InChI=1S/C26H33NO5/c1-19(2)10-6-4-5-7-13-25(29)27-17-20-14-15-23(24(16-20)31-3)32-26(30)22-12-9-8-11-21(22)18-28/h6,8-12,14-16,19,28H,4-5,7,13,17-18H2,1-3H3,(H,27,29)/b10-6+. The number of aliphatic hydroxyl groups is 1. The van der Waals surface area contributed by atoms with Crippen LogP contribution in [0.4, 0.5) is 0 Å². The third-order valence-electron chi connectivity index (χ3n) is 4.87. The van der Waals surface area contributed by atoms with Crippen molar-refractivity contribution < 1.29 is 24.2 Å². The number of hydrogen-bond acceptors (Lipinski definition) is 5. The minimum absolute atomic E-state index is 0.00733. The Hall–Kier alpha value is -3.12. The minimum atomic E-state index is -0.572. The molecule has 32 heavy (non-hydrogen) atoms. The highest BCUT2D eigenvalue weighted by molar-refractivity contribution is 5.92. The molecule has 2 rings (SSSR count). The number of amides is 1. The zero-order chi connectivity index (χ0) is 23.3. The molecule has 0 fully saturated rings. The largest absolute Gasteiger partial charge is 0.493 e. The Bertz CT molecular complexity index is 920. The summed E-state index contributed by atoms with van der Waals surface area (Å²) < 4.78 is 10.8. The van der Waals surface area contributed by atoms with E-state index >= 15 is 0 Å². The van der Waals surface area contributed by atoms with Gasteiger partial charge in [-0.1, -0.05) is 50.3 Å². The molecule has 0 aromatic heterocycles. The molecular formula is C26H33NO5. The van der Waals surface area contributed by atoms with Gasteiger partial charge in [-0.05, 0) is 54.5 Å². The van der Waals surface area contributed by atoms with Crippen molar-refractivity contribution in [2.75, 3.05) is 7.11 Å². The first-order valence-electron chi connectivity index (χ1n) is 11.0. The summed E-state index contributed by atoms with van der Waals surface area (Å²) in [7, 11) is 1.49. The molecule has 0 radical (unpaired) electrons. The first kappa shape index (κ1) is 25.1. The number of aliphatic hydroxyl groups excluding tert-OH is 1. The molecule has 0 saturated heterocycles. The Balaban J connectivity index is 1.87. The van der Waals surface area contributed by atoms with Crippen molar-refractivity contribution in [2.24, 2.45) is 5.92 Å². The van der Waals surface area contributed by atoms with Gasteiger partial charge in [0.25, 0.3) is 0 Å². The third kappa shape index (κ3) is 8.19. The Morgan fingerprint density at radius 1 is 1.09 bits per heavy atom. The van der Waals surface area contributed by atoms with Crippen LogP contribution in [0.1, 0.15) is 61.0 Å². The minimum Gasteiger partial charge on any atom is -0.493 e. The van der Waals surface area contributed by atoms with Crippen LogP contribution in [0.15, 0.2) is 54.6 Å². The van der Waals surface area contributed by atoms with E-state index < -0.39 is 5.97 Å². The van der Waals surface area contributed by atoms with E-state index in [1.165, 1.54) is 7.11 Å². The number of benzene rings is 2. The molecule has 1 amide bonds. The van der Waals surface area contributed by atoms with E-state index in [9.17, 15) is 14.7 Å². The summed E-state index contributed by atoms with van der Waals surface area (Å²) in [5, 5.41) is 12.3. The fourth-order valence-corrected chi connectivity index (χ4v) is 3.12. The van der Waals surface area contributed by atoms with E-state index in [1.54, 1.807) is 42.5 Å². The fraction of sp³-hybridized carbons (Fsp3) is 0.385. The molecule has 0 saturated carbocycles.